The standard InChI is InChI=1S/C21H31NO5/c1-6-15(3)27-18-10-9-16(12-17(18)19(23)25-4)22-20(24)21(26-5)11-7-8-14(2)13-21/h9-10,12,14-15H,6-8,11,13H2,1-5H3,(H,22,24)/t14-,15-,21+/m0/s1. The lowest BCUT2D eigenvalue weighted by molar-refractivity contribution is -0.143. The van der Waals surface area contributed by atoms with Gasteiger partial charge in [0.25, 0.3) is 5.91 Å². The third-order valence-corrected chi connectivity index (χ3v) is 5.31. The minimum Gasteiger partial charge on any atom is -0.490 e. The second-order valence-electron chi connectivity index (χ2n) is 7.39. The van der Waals surface area contributed by atoms with E-state index >= 15 is 0 Å². The number of methoxy groups -OCH3 is 2. The predicted octanol–water partition coefficient (Wildman–Crippen LogP) is 4.18. The van der Waals surface area contributed by atoms with Gasteiger partial charge in [-0.05, 0) is 56.7 Å². The van der Waals surface area contributed by atoms with Gasteiger partial charge in [-0.2, -0.15) is 0 Å². The van der Waals surface area contributed by atoms with Crippen LogP contribution in [0.2, 0.25) is 0 Å². The zero-order valence-electron chi connectivity index (χ0n) is 17.0. The number of esters is 1. The summed E-state index contributed by atoms with van der Waals surface area (Å²) < 4.78 is 16.3. The number of nitrogens with one attached hydrogen (secondary N) is 1. The van der Waals surface area contributed by atoms with Crippen LogP contribution in [0.15, 0.2) is 18.2 Å². The van der Waals surface area contributed by atoms with Crippen molar-refractivity contribution in [2.75, 3.05) is 19.5 Å². The minimum atomic E-state index is -0.824. The first kappa shape index (κ1) is 21.2. The van der Waals surface area contributed by atoms with E-state index in [-0.39, 0.29) is 12.0 Å². The van der Waals surface area contributed by atoms with Gasteiger partial charge in [0.2, 0.25) is 0 Å². The molecule has 0 radical (unpaired) electrons. The molecule has 27 heavy (non-hydrogen) atoms. The van der Waals surface area contributed by atoms with Crippen LogP contribution in [0.25, 0.3) is 0 Å². The van der Waals surface area contributed by atoms with Crippen molar-refractivity contribution in [2.45, 2.75) is 64.6 Å². The first-order valence-electron chi connectivity index (χ1n) is 9.60. The molecule has 1 fully saturated rings. The molecule has 1 aromatic carbocycles. The van der Waals surface area contributed by atoms with Gasteiger partial charge in [0.1, 0.15) is 16.9 Å². The lowest BCUT2D eigenvalue weighted by atomic mass is 9.78. The van der Waals surface area contributed by atoms with Gasteiger partial charge >= 0.3 is 5.97 Å². The summed E-state index contributed by atoms with van der Waals surface area (Å²) in [4.78, 5) is 25.1. The summed E-state index contributed by atoms with van der Waals surface area (Å²) in [6.45, 7) is 6.08. The van der Waals surface area contributed by atoms with Crippen LogP contribution < -0.4 is 10.1 Å². The molecule has 3 atom stereocenters. The number of hydrogen-bond acceptors (Lipinski definition) is 5. The SMILES string of the molecule is CC[C@H](C)Oc1ccc(NC(=O)[C@@]2(OC)CCC[C@H](C)C2)cc1C(=O)OC. The first-order valence-corrected chi connectivity index (χ1v) is 9.60. The highest BCUT2D eigenvalue weighted by molar-refractivity contribution is 5.99. The Kier molecular flexibility index (Phi) is 7.25. The van der Waals surface area contributed by atoms with E-state index in [0.29, 0.717) is 35.8 Å². The molecule has 150 valence electrons. The Balaban J connectivity index is 2.25. The summed E-state index contributed by atoms with van der Waals surface area (Å²) in [5.41, 5.74) is -0.0136. The maximum Gasteiger partial charge on any atom is 0.341 e. The van der Waals surface area contributed by atoms with Gasteiger partial charge in [0.15, 0.2) is 0 Å². The number of benzene rings is 1. The van der Waals surface area contributed by atoms with Crippen LogP contribution in [0.3, 0.4) is 0 Å². The molecule has 0 bridgehead atoms. The number of carbonyl (C=O) groups is 2. The molecule has 0 heterocycles. The summed E-state index contributed by atoms with van der Waals surface area (Å²) in [7, 11) is 2.91. The largest absolute Gasteiger partial charge is 0.490 e. The summed E-state index contributed by atoms with van der Waals surface area (Å²) >= 11 is 0. The third kappa shape index (κ3) is 5.01. The van der Waals surface area contributed by atoms with E-state index in [0.717, 1.165) is 19.3 Å². The van der Waals surface area contributed by atoms with Crippen molar-refractivity contribution in [3.05, 3.63) is 23.8 Å². The van der Waals surface area contributed by atoms with Crippen molar-refractivity contribution in [3.63, 3.8) is 0 Å². The molecule has 1 saturated carbocycles. The molecule has 1 aliphatic rings. The van der Waals surface area contributed by atoms with Crippen LogP contribution in [0.1, 0.15) is 63.2 Å². The third-order valence-electron chi connectivity index (χ3n) is 5.31. The quantitative estimate of drug-likeness (QED) is 0.722. The van der Waals surface area contributed by atoms with Crippen LogP contribution in [-0.4, -0.2) is 37.8 Å². The van der Waals surface area contributed by atoms with E-state index in [1.807, 2.05) is 13.8 Å². The van der Waals surface area contributed by atoms with Crippen LogP contribution in [-0.2, 0) is 14.3 Å². The molecule has 0 aromatic heterocycles. The number of ether oxygens (including phenoxy) is 3. The lowest BCUT2D eigenvalue weighted by Crippen LogP contribution is -2.47. The van der Waals surface area contributed by atoms with Gasteiger partial charge in [-0.1, -0.05) is 20.3 Å². The number of amides is 1. The predicted molar refractivity (Wildman–Crippen MR) is 104 cm³/mol. The summed E-state index contributed by atoms with van der Waals surface area (Å²) in [6, 6.07) is 5.02. The summed E-state index contributed by atoms with van der Waals surface area (Å²) in [5, 5.41) is 2.91. The molecule has 0 saturated heterocycles. The van der Waals surface area contributed by atoms with Crippen LogP contribution in [0.5, 0.6) is 5.75 Å². The van der Waals surface area contributed by atoms with Crippen molar-refractivity contribution < 1.29 is 23.8 Å². The molecule has 6 heteroatoms. The monoisotopic (exact) mass is 377 g/mol. The summed E-state index contributed by atoms with van der Waals surface area (Å²) in [6.07, 6.45) is 4.22. The normalized spacial score (nSPS) is 23.4. The van der Waals surface area contributed by atoms with Gasteiger partial charge in [-0.15, -0.1) is 0 Å². The van der Waals surface area contributed by atoms with E-state index in [9.17, 15) is 9.59 Å². The highest BCUT2D eigenvalue weighted by Crippen LogP contribution is 2.36. The fourth-order valence-electron chi connectivity index (χ4n) is 3.51. The topological polar surface area (TPSA) is 73.9 Å². The summed E-state index contributed by atoms with van der Waals surface area (Å²) in [5.74, 6) is 0.198. The Hall–Kier alpha value is -2.08. The van der Waals surface area contributed by atoms with E-state index in [1.165, 1.54) is 7.11 Å². The zero-order chi connectivity index (χ0) is 20.0. The molecule has 6 nitrogen and oxygen atoms in total. The van der Waals surface area contributed by atoms with Crippen LogP contribution >= 0.6 is 0 Å². The second-order valence-corrected chi connectivity index (χ2v) is 7.39. The molecule has 0 aliphatic heterocycles. The molecule has 1 aliphatic carbocycles. The minimum absolute atomic E-state index is 0.0330. The van der Waals surface area contributed by atoms with Gasteiger partial charge in [0.05, 0.1) is 13.2 Å². The molecular formula is C21H31NO5. The van der Waals surface area contributed by atoms with Crippen molar-refractivity contribution in [3.8, 4) is 5.75 Å². The smallest absolute Gasteiger partial charge is 0.341 e. The second kappa shape index (κ2) is 9.22. The van der Waals surface area contributed by atoms with E-state index in [2.05, 4.69) is 12.2 Å². The molecule has 1 N–H and O–H groups in total. The Bertz CT molecular complexity index is 675. The average Bonchev–Trinajstić information content (AvgIpc) is 2.68. The van der Waals surface area contributed by atoms with E-state index in [4.69, 9.17) is 14.2 Å². The number of rotatable bonds is 7. The Morgan fingerprint density at radius 2 is 2.07 bits per heavy atom. The highest BCUT2D eigenvalue weighted by Gasteiger charge is 2.42. The number of anilines is 1. The fourth-order valence-corrected chi connectivity index (χ4v) is 3.51. The van der Waals surface area contributed by atoms with Crippen molar-refractivity contribution in [2.24, 2.45) is 5.92 Å². The fraction of sp³-hybridized carbons (Fsp3) is 0.619. The lowest BCUT2D eigenvalue weighted by Gasteiger charge is -2.37. The Labute approximate surface area is 161 Å². The molecule has 0 spiro atoms. The van der Waals surface area contributed by atoms with Crippen molar-refractivity contribution in [1.82, 2.24) is 0 Å². The maximum absolute atomic E-state index is 12.9. The first-order chi connectivity index (χ1) is 12.8. The Morgan fingerprint density at radius 3 is 2.67 bits per heavy atom. The van der Waals surface area contributed by atoms with Crippen LogP contribution in [0, 0.1) is 5.92 Å². The molecule has 1 amide bonds. The van der Waals surface area contributed by atoms with E-state index in [1.54, 1.807) is 25.3 Å². The highest BCUT2D eigenvalue weighted by atomic mass is 16.5. The molecule has 1 aromatic rings. The maximum atomic E-state index is 12.9. The van der Waals surface area contributed by atoms with Gasteiger partial charge in [0, 0.05) is 12.8 Å². The van der Waals surface area contributed by atoms with Gasteiger partial charge < -0.3 is 19.5 Å². The van der Waals surface area contributed by atoms with Crippen molar-refractivity contribution in [1.29, 1.82) is 0 Å². The van der Waals surface area contributed by atoms with Gasteiger partial charge in [-0.3, -0.25) is 4.79 Å². The van der Waals surface area contributed by atoms with E-state index < -0.39 is 11.6 Å². The van der Waals surface area contributed by atoms with Gasteiger partial charge in [-0.25, -0.2) is 4.79 Å². The molecule has 0 unspecified atom stereocenters. The number of carbonyl (C=O) groups excluding carboxylic acids is 2. The molecular weight excluding hydrogens is 346 g/mol. The molecule has 2 rings (SSSR count). The zero-order valence-corrected chi connectivity index (χ0v) is 17.0. The van der Waals surface area contributed by atoms with Crippen LogP contribution in [0.4, 0.5) is 5.69 Å². The number of hydrogen-bond donors (Lipinski definition) is 1. The average molecular weight is 377 g/mol. The Morgan fingerprint density at radius 1 is 1.33 bits per heavy atom. The van der Waals surface area contributed by atoms with Crippen molar-refractivity contribution >= 4 is 17.6 Å².